The van der Waals surface area contributed by atoms with Crippen LogP contribution in [0.2, 0.25) is 0 Å². The first kappa shape index (κ1) is 24.9. The summed E-state index contributed by atoms with van der Waals surface area (Å²) in [6, 6.07) is 7.72. The van der Waals surface area contributed by atoms with Crippen LogP contribution in [-0.2, 0) is 6.42 Å². The monoisotopic (exact) mass is 423 g/mol. The van der Waals surface area contributed by atoms with Gasteiger partial charge in [-0.15, -0.1) is 17.5 Å². The van der Waals surface area contributed by atoms with E-state index in [-0.39, 0.29) is 30.5 Å². The van der Waals surface area contributed by atoms with E-state index < -0.39 is 0 Å². The number of aromatic nitrogens is 3. The fourth-order valence-electron chi connectivity index (χ4n) is 2.89. The highest BCUT2D eigenvalue weighted by atomic mass is 35.5. The highest BCUT2D eigenvalue weighted by molar-refractivity contribution is 5.93. The van der Waals surface area contributed by atoms with Gasteiger partial charge in [-0.1, -0.05) is 26.0 Å². The second-order valence-corrected chi connectivity index (χ2v) is 7.73. The number of halogens is 1. The predicted octanol–water partition coefficient (Wildman–Crippen LogP) is 3.48. The third-order valence-electron chi connectivity index (χ3n) is 4.75. The van der Waals surface area contributed by atoms with Crippen LogP contribution in [-0.4, -0.2) is 51.5 Å². The van der Waals surface area contributed by atoms with Crippen molar-refractivity contribution in [2.45, 2.75) is 59.6 Å². The molecule has 0 spiro atoms. The van der Waals surface area contributed by atoms with E-state index in [0.717, 1.165) is 23.6 Å². The average Bonchev–Trinajstić information content (AvgIpc) is 3.09. The first-order valence-electron chi connectivity index (χ1n) is 9.97. The minimum atomic E-state index is -0.126. The third kappa shape index (κ3) is 6.44. The lowest BCUT2D eigenvalue weighted by Crippen LogP contribution is -2.35. The SMILES string of the molecule is CCc1c(C(=O)N(C)CCC(N)C(C)C)nnn1-c1ccc(OC(C)C)cc1.Cl. The van der Waals surface area contributed by atoms with Gasteiger partial charge in [0.2, 0.25) is 0 Å². The first-order valence-corrected chi connectivity index (χ1v) is 9.97. The maximum absolute atomic E-state index is 12.9. The molecule has 2 aromatic rings. The molecular formula is C21H34ClN5O2. The summed E-state index contributed by atoms with van der Waals surface area (Å²) < 4.78 is 7.41. The van der Waals surface area contributed by atoms with Gasteiger partial charge in [0, 0.05) is 19.6 Å². The molecule has 0 aliphatic rings. The Hall–Kier alpha value is -2.12. The molecule has 1 aromatic heterocycles. The molecule has 0 aliphatic heterocycles. The van der Waals surface area contributed by atoms with Gasteiger partial charge in [0.15, 0.2) is 5.69 Å². The highest BCUT2D eigenvalue weighted by Crippen LogP contribution is 2.19. The number of hydrogen-bond donors (Lipinski definition) is 1. The molecule has 2 rings (SSSR count). The van der Waals surface area contributed by atoms with E-state index in [1.807, 2.05) is 45.0 Å². The van der Waals surface area contributed by atoms with E-state index in [1.54, 1.807) is 16.6 Å². The molecule has 1 heterocycles. The lowest BCUT2D eigenvalue weighted by Gasteiger charge is -2.21. The van der Waals surface area contributed by atoms with Crippen LogP contribution in [0.4, 0.5) is 0 Å². The number of hydrogen-bond acceptors (Lipinski definition) is 5. The molecule has 0 radical (unpaired) electrons. The van der Waals surface area contributed by atoms with Crippen molar-refractivity contribution in [1.82, 2.24) is 19.9 Å². The van der Waals surface area contributed by atoms with Crippen molar-refractivity contribution in [3.8, 4) is 11.4 Å². The topological polar surface area (TPSA) is 86.3 Å². The van der Waals surface area contributed by atoms with Crippen molar-refractivity contribution in [2.75, 3.05) is 13.6 Å². The number of carbonyl (C=O) groups is 1. The maximum Gasteiger partial charge on any atom is 0.276 e. The molecule has 1 amide bonds. The summed E-state index contributed by atoms with van der Waals surface area (Å²) >= 11 is 0. The summed E-state index contributed by atoms with van der Waals surface area (Å²) in [5, 5.41) is 8.41. The Morgan fingerprint density at radius 2 is 1.83 bits per heavy atom. The zero-order valence-electron chi connectivity index (χ0n) is 18.3. The molecular weight excluding hydrogens is 390 g/mol. The van der Waals surface area contributed by atoms with Gasteiger partial charge in [0.1, 0.15) is 5.75 Å². The Labute approximate surface area is 180 Å². The van der Waals surface area contributed by atoms with Gasteiger partial charge in [0.25, 0.3) is 5.91 Å². The number of amides is 1. The van der Waals surface area contributed by atoms with E-state index in [0.29, 0.717) is 24.6 Å². The second-order valence-electron chi connectivity index (χ2n) is 7.73. The summed E-state index contributed by atoms with van der Waals surface area (Å²) in [7, 11) is 1.78. The van der Waals surface area contributed by atoms with Crippen LogP contribution in [0, 0.1) is 5.92 Å². The number of nitrogens with zero attached hydrogens (tertiary/aromatic N) is 4. The smallest absolute Gasteiger partial charge is 0.276 e. The van der Waals surface area contributed by atoms with E-state index in [4.69, 9.17) is 10.5 Å². The Kier molecular flexibility index (Phi) is 9.59. The van der Waals surface area contributed by atoms with Gasteiger partial charge >= 0.3 is 0 Å². The Balaban J connectivity index is 0.00000420. The van der Waals surface area contributed by atoms with Crippen LogP contribution < -0.4 is 10.5 Å². The van der Waals surface area contributed by atoms with Gasteiger partial charge in [-0.25, -0.2) is 4.68 Å². The molecule has 162 valence electrons. The van der Waals surface area contributed by atoms with E-state index in [1.165, 1.54) is 0 Å². The lowest BCUT2D eigenvalue weighted by molar-refractivity contribution is 0.0782. The minimum absolute atomic E-state index is 0. The lowest BCUT2D eigenvalue weighted by atomic mass is 10.0. The number of nitrogens with two attached hydrogens (primary N) is 1. The van der Waals surface area contributed by atoms with Crippen molar-refractivity contribution < 1.29 is 9.53 Å². The standard InChI is InChI=1S/C21H33N5O2.ClH/c1-7-19-20(21(27)25(6)13-12-18(22)14(2)3)23-24-26(19)16-8-10-17(11-9-16)28-15(4)5;/h8-11,14-15,18H,7,12-13,22H2,1-6H3;1H. The number of carbonyl (C=O) groups excluding carboxylic acids is 1. The predicted molar refractivity (Wildman–Crippen MR) is 118 cm³/mol. The summed E-state index contributed by atoms with van der Waals surface area (Å²) in [5.74, 6) is 1.06. The summed E-state index contributed by atoms with van der Waals surface area (Å²) in [6.45, 7) is 10.7. The summed E-state index contributed by atoms with van der Waals surface area (Å²) in [4.78, 5) is 14.6. The van der Waals surface area contributed by atoms with Crippen molar-refractivity contribution in [3.05, 3.63) is 35.7 Å². The van der Waals surface area contributed by atoms with Crippen molar-refractivity contribution >= 4 is 18.3 Å². The van der Waals surface area contributed by atoms with Crippen molar-refractivity contribution in [3.63, 3.8) is 0 Å². The highest BCUT2D eigenvalue weighted by Gasteiger charge is 2.23. The Morgan fingerprint density at radius 3 is 2.34 bits per heavy atom. The number of benzene rings is 1. The molecule has 0 bridgehead atoms. The van der Waals surface area contributed by atoms with Crippen LogP contribution in [0.15, 0.2) is 24.3 Å². The van der Waals surface area contributed by atoms with Gasteiger partial charge in [-0.05, 0) is 56.9 Å². The zero-order chi connectivity index (χ0) is 20.8. The van der Waals surface area contributed by atoms with E-state index in [2.05, 4.69) is 24.2 Å². The van der Waals surface area contributed by atoms with Crippen LogP contribution in [0.5, 0.6) is 5.75 Å². The zero-order valence-corrected chi connectivity index (χ0v) is 19.1. The molecule has 8 heteroatoms. The van der Waals surface area contributed by atoms with Gasteiger partial charge in [-0.2, -0.15) is 0 Å². The van der Waals surface area contributed by atoms with Crippen LogP contribution in [0.1, 0.15) is 57.2 Å². The largest absolute Gasteiger partial charge is 0.491 e. The molecule has 0 fully saturated rings. The van der Waals surface area contributed by atoms with Crippen LogP contribution in [0.3, 0.4) is 0 Å². The van der Waals surface area contributed by atoms with Crippen LogP contribution >= 0.6 is 12.4 Å². The van der Waals surface area contributed by atoms with Crippen molar-refractivity contribution in [2.24, 2.45) is 11.7 Å². The van der Waals surface area contributed by atoms with E-state index >= 15 is 0 Å². The minimum Gasteiger partial charge on any atom is -0.491 e. The van der Waals surface area contributed by atoms with E-state index in [9.17, 15) is 4.79 Å². The molecule has 1 atom stereocenters. The Morgan fingerprint density at radius 1 is 1.21 bits per heavy atom. The van der Waals surface area contributed by atoms with Crippen LogP contribution in [0.25, 0.3) is 5.69 Å². The maximum atomic E-state index is 12.9. The first-order chi connectivity index (χ1) is 13.2. The van der Waals surface area contributed by atoms with Gasteiger partial charge in [-0.3, -0.25) is 4.79 Å². The molecule has 0 aliphatic carbocycles. The molecule has 1 unspecified atom stereocenters. The average molecular weight is 424 g/mol. The van der Waals surface area contributed by atoms with Gasteiger partial charge in [0.05, 0.1) is 17.5 Å². The summed E-state index contributed by atoms with van der Waals surface area (Å²) in [5.41, 5.74) is 8.14. The molecule has 0 saturated carbocycles. The fraction of sp³-hybridized carbons (Fsp3) is 0.571. The third-order valence-corrected chi connectivity index (χ3v) is 4.75. The molecule has 1 aromatic carbocycles. The molecule has 7 nitrogen and oxygen atoms in total. The molecule has 0 saturated heterocycles. The molecule has 29 heavy (non-hydrogen) atoms. The molecule has 2 N–H and O–H groups in total. The fourth-order valence-corrected chi connectivity index (χ4v) is 2.89. The second kappa shape index (κ2) is 11.2. The van der Waals surface area contributed by atoms with Gasteiger partial charge < -0.3 is 15.4 Å². The number of rotatable bonds is 9. The summed E-state index contributed by atoms with van der Waals surface area (Å²) in [6.07, 6.45) is 1.52. The quantitative estimate of drug-likeness (QED) is 0.667. The number of ether oxygens (including phenoxy) is 1. The Bertz CT molecular complexity index is 774. The van der Waals surface area contributed by atoms with Crippen molar-refractivity contribution in [1.29, 1.82) is 0 Å². The normalized spacial score (nSPS) is 12.0.